The first-order valence-electron chi connectivity index (χ1n) is 4.70. The summed E-state index contributed by atoms with van der Waals surface area (Å²) in [6, 6.07) is 2.26. The SMILES string of the molecule is CCCCCCCC(C)C#N. The molecule has 11 heavy (non-hydrogen) atoms. The molecule has 0 saturated heterocycles. The average Bonchev–Trinajstić information content (AvgIpc) is 2.04. The molecule has 64 valence electrons. The zero-order valence-corrected chi connectivity index (χ0v) is 7.77. The van der Waals surface area contributed by atoms with Gasteiger partial charge >= 0.3 is 0 Å². The van der Waals surface area contributed by atoms with Crippen LogP contribution in [-0.4, -0.2) is 0 Å². The third-order valence-electron chi connectivity index (χ3n) is 1.96. The quantitative estimate of drug-likeness (QED) is 0.536. The zero-order valence-electron chi connectivity index (χ0n) is 7.77. The fourth-order valence-electron chi connectivity index (χ4n) is 1.12. The van der Waals surface area contributed by atoms with E-state index in [1.807, 2.05) is 6.92 Å². The number of hydrogen-bond acceptors (Lipinski definition) is 1. The largest absolute Gasteiger partial charge is 0.198 e. The van der Waals surface area contributed by atoms with Gasteiger partial charge in [0.1, 0.15) is 0 Å². The van der Waals surface area contributed by atoms with Crippen LogP contribution in [0.1, 0.15) is 52.4 Å². The van der Waals surface area contributed by atoms with Gasteiger partial charge in [-0.15, -0.1) is 0 Å². The van der Waals surface area contributed by atoms with E-state index in [0.717, 1.165) is 6.42 Å². The first kappa shape index (κ1) is 10.5. The van der Waals surface area contributed by atoms with E-state index < -0.39 is 0 Å². The predicted molar refractivity (Wildman–Crippen MR) is 48.2 cm³/mol. The van der Waals surface area contributed by atoms with Crippen molar-refractivity contribution in [2.75, 3.05) is 0 Å². The van der Waals surface area contributed by atoms with Crippen molar-refractivity contribution in [1.82, 2.24) is 0 Å². The van der Waals surface area contributed by atoms with E-state index >= 15 is 0 Å². The Balaban J connectivity index is 2.97. The van der Waals surface area contributed by atoms with Gasteiger partial charge in [-0.2, -0.15) is 5.26 Å². The number of hydrogen-bond donors (Lipinski definition) is 0. The molecule has 1 nitrogen and oxygen atoms in total. The highest BCUT2D eigenvalue weighted by molar-refractivity contribution is 4.77. The van der Waals surface area contributed by atoms with E-state index in [0.29, 0.717) is 0 Å². The van der Waals surface area contributed by atoms with Crippen LogP contribution in [0.5, 0.6) is 0 Å². The summed E-state index contributed by atoms with van der Waals surface area (Å²) in [6.07, 6.45) is 7.61. The van der Waals surface area contributed by atoms with Crippen molar-refractivity contribution in [1.29, 1.82) is 5.26 Å². The molecule has 0 amide bonds. The Kier molecular flexibility index (Phi) is 7.24. The van der Waals surface area contributed by atoms with Crippen LogP contribution < -0.4 is 0 Å². The fourth-order valence-corrected chi connectivity index (χ4v) is 1.12. The van der Waals surface area contributed by atoms with E-state index in [2.05, 4.69) is 13.0 Å². The van der Waals surface area contributed by atoms with E-state index in [-0.39, 0.29) is 5.92 Å². The van der Waals surface area contributed by atoms with Crippen LogP contribution in [0.25, 0.3) is 0 Å². The lowest BCUT2D eigenvalue weighted by atomic mass is 10.0. The van der Waals surface area contributed by atoms with Gasteiger partial charge in [-0.25, -0.2) is 0 Å². The van der Waals surface area contributed by atoms with Crippen molar-refractivity contribution in [2.45, 2.75) is 52.4 Å². The van der Waals surface area contributed by atoms with Crippen molar-refractivity contribution in [3.63, 3.8) is 0 Å². The monoisotopic (exact) mass is 153 g/mol. The van der Waals surface area contributed by atoms with Gasteiger partial charge in [0.25, 0.3) is 0 Å². The van der Waals surface area contributed by atoms with E-state index in [9.17, 15) is 0 Å². The smallest absolute Gasteiger partial charge is 0.0652 e. The molecule has 0 heterocycles. The summed E-state index contributed by atoms with van der Waals surface area (Å²) in [6.45, 7) is 4.22. The van der Waals surface area contributed by atoms with Gasteiger partial charge in [-0.1, -0.05) is 39.0 Å². The summed E-state index contributed by atoms with van der Waals surface area (Å²) >= 11 is 0. The van der Waals surface area contributed by atoms with Crippen LogP contribution >= 0.6 is 0 Å². The molecule has 0 aliphatic carbocycles. The third-order valence-corrected chi connectivity index (χ3v) is 1.96. The Hall–Kier alpha value is -0.510. The normalized spacial score (nSPS) is 12.5. The van der Waals surface area contributed by atoms with Gasteiger partial charge in [0.2, 0.25) is 0 Å². The molecule has 1 atom stereocenters. The molecule has 1 heteroatoms. The topological polar surface area (TPSA) is 23.8 Å². The second-order valence-corrected chi connectivity index (χ2v) is 3.23. The minimum atomic E-state index is 0.261. The van der Waals surface area contributed by atoms with Gasteiger partial charge in [0, 0.05) is 5.92 Å². The summed E-state index contributed by atoms with van der Waals surface area (Å²) in [4.78, 5) is 0. The Bertz CT molecular complexity index is 113. The molecule has 0 N–H and O–H groups in total. The molecule has 0 aromatic rings. The first-order valence-corrected chi connectivity index (χ1v) is 4.70. The van der Waals surface area contributed by atoms with Gasteiger partial charge in [0.15, 0.2) is 0 Å². The second kappa shape index (κ2) is 7.60. The van der Waals surface area contributed by atoms with Crippen LogP contribution in [0.15, 0.2) is 0 Å². The van der Waals surface area contributed by atoms with Crippen LogP contribution in [0.3, 0.4) is 0 Å². The molecule has 0 aliphatic heterocycles. The Morgan fingerprint density at radius 3 is 2.36 bits per heavy atom. The molecule has 0 aliphatic rings. The van der Waals surface area contributed by atoms with Crippen LogP contribution in [0.2, 0.25) is 0 Å². The molecule has 0 aromatic carbocycles. The average molecular weight is 153 g/mol. The van der Waals surface area contributed by atoms with Gasteiger partial charge < -0.3 is 0 Å². The highest BCUT2D eigenvalue weighted by Crippen LogP contribution is 2.09. The van der Waals surface area contributed by atoms with Crippen LogP contribution in [0, 0.1) is 17.2 Å². The Labute approximate surface area is 70.4 Å². The number of nitrogens with zero attached hydrogens (tertiary/aromatic N) is 1. The van der Waals surface area contributed by atoms with Crippen molar-refractivity contribution in [3.05, 3.63) is 0 Å². The van der Waals surface area contributed by atoms with Crippen molar-refractivity contribution >= 4 is 0 Å². The van der Waals surface area contributed by atoms with Crippen molar-refractivity contribution in [2.24, 2.45) is 5.92 Å². The fraction of sp³-hybridized carbons (Fsp3) is 0.900. The summed E-state index contributed by atoms with van der Waals surface area (Å²) in [5.41, 5.74) is 0. The first-order chi connectivity index (χ1) is 5.31. The lowest BCUT2D eigenvalue weighted by molar-refractivity contribution is 0.556. The zero-order chi connectivity index (χ0) is 8.53. The standard InChI is InChI=1S/C10H19N/c1-3-4-5-6-7-8-10(2)9-11/h10H,3-8H2,1-2H3. The molecule has 0 saturated carbocycles. The maximum absolute atomic E-state index is 8.49. The minimum absolute atomic E-state index is 0.261. The van der Waals surface area contributed by atoms with E-state index in [4.69, 9.17) is 5.26 Å². The minimum Gasteiger partial charge on any atom is -0.198 e. The van der Waals surface area contributed by atoms with Gasteiger partial charge in [-0.05, 0) is 13.3 Å². The number of rotatable bonds is 6. The number of unbranched alkanes of at least 4 members (excludes halogenated alkanes) is 4. The molecule has 0 spiro atoms. The summed E-state index contributed by atoms with van der Waals surface area (Å²) in [5, 5.41) is 8.49. The molecular formula is C10H19N. The molecule has 0 radical (unpaired) electrons. The van der Waals surface area contributed by atoms with E-state index in [1.54, 1.807) is 0 Å². The predicted octanol–water partition coefficient (Wildman–Crippen LogP) is 3.51. The second-order valence-electron chi connectivity index (χ2n) is 3.23. The Morgan fingerprint density at radius 1 is 1.18 bits per heavy atom. The van der Waals surface area contributed by atoms with Gasteiger partial charge in [-0.3, -0.25) is 0 Å². The molecule has 0 bridgehead atoms. The summed E-state index contributed by atoms with van der Waals surface area (Å²) in [5.74, 6) is 0.261. The summed E-state index contributed by atoms with van der Waals surface area (Å²) < 4.78 is 0. The lowest BCUT2D eigenvalue weighted by Gasteiger charge is -2.00. The molecular weight excluding hydrogens is 134 g/mol. The molecule has 0 aromatic heterocycles. The molecule has 1 unspecified atom stereocenters. The van der Waals surface area contributed by atoms with Crippen molar-refractivity contribution < 1.29 is 0 Å². The van der Waals surface area contributed by atoms with Gasteiger partial charge in [0.05, 0.1) is 6.07 Å². The molecule has 0 rings (SSSR count). The lowest BCUT2D eigenvalue weighted by Crippen LogP contribution is -1.89. The van der Waals surface area contributed by atoms with Crippen molar-refractivity contribution in [3.8, 4) is 6.07 Å². The molecule has 0 fully saturated rings. The highest BCUT2D eigenvalue weighted by atomic mass is 14.3. The number of nitriles is 1. The van der Waals surface area contributed by atoms with E-state index in [1.165, 1.54) is 32.1 Å². The van der Waals surface area contributed by atoms with Crippen LogP contribution in [-0.2, 0) is 0 Å². The maximum atomic E-state index is 8.49. The van der Waals surface area contributed by atoms with Crippen LogP contribution in [0.4, 0.5) is 0 Å². The highest BCUT2D eigenvalue weighted by Gasteiger charge is 1.97. The Morgan fingerprint density at radius 2 is 1.82 bits per heavy atom. The summed E-state index contributed by atoms with van der Waals surface area (Å²) in [7, 11) is 0. The third kappa shape index (κ3) is 7.39. The maximum Gasteiger partial charge on any atom is 0.0652 e.